The normalized spacial score (nSPS) is 10.9. The monoisotopic (exact) mass is 401 g/mol. The number of halogens is 1. The Morgan fingerprint density at radius 2 is 1.41 bits per heavy atom. The second-order valence-electron chi connectivity index (χ2n) is 5.55. The van der Waals surface area contributed by atoms with Gasteiger partial charge in [0.2, 0.25) is 0 Å². The van der Waals surface area contributed by atoms with Crippen LogP contribution in [0.4, 0.5) is 21.5 Å². The fourth-order valence-electron chi connectivity index (χ4n) is 2.28. The molecule has 3 aromatic rings. The maximum Gasteiger partial charge on any atom is 0.261 e. The topological polar surface area (TPSA) is 70.2 Å². The van der Waals surface area contributed by atoms with Gasteiger partial charge in [0.05, 0.1) is 10.6 Å². The smallest absolute Gasteiger partial charge is 0.261 e. The first-order valence-corrected chi connectivity index (χ1v) is 9.84. The Morgan fingerprint density at radius 3 is 2.07 bits per heavy atom. The van der Waals surface area contributed by atoms with E-state index in [9.17, 15) is 12.8 Å². The van der Waals surface area contributed by atoms with Crippen molar-refractivity contribution in [1.29, 1.82) is 0 Å². The maximum absolute atomic E-state index is 13.6. The summed E-state index contributed by atoms with van der Waals surface area (Å²) in [5, 5.41) is 5.83. The van der Waals surface area contributed by atoms with Crippen LogP contribution in [-0.4, -0.2) is 13.5 Å². The van der Waals surface area contributed by atoms with E-state index in [0.29, 0.717) is 11.4 Å². The molecule has 3 rings (SSSR count). The van der Waals surface area contributed by atoms with Gasteiger partial charge < -0.3 is 10.6 Å². The molecule has 8 heteroatoms. The van der Waals surface area contributed by atoms with Gasteiger partial charge in [0.1, 0.15) is 5.82 Å². The minimum Gasteiger partial charge on any atom is -0.332 e. The van der Waals surface area contributed by atoms with Crippen molar-refractivity contribution >= 4 is 44.4 Å². The van der Waals surface area contributed by atoms with Crippen molar-refractivity contribution in [3.63, 3.8) is 0 Å². The van der Waals surface area contributed by atoms with Crippen molar-refractivity contribution in [2.75, 3.05) is 15.4 Å². The van der Waals surface area contributed by atoms with Gasteiger partial charge in [-0.25, -0.2) is 12.8 Å². The van der Waals surface area contributed by atoms with Crippen LogP contribution in [0, 0.1) is 5.82 Å². The summed E-state index contributed by atoms with van der Waals surface area (Å²) in [7, 11) is -3.69. The van der Waals surface area contributed by atoms with Crippen LogP contribution in [0.1, 0.15) is 0 Å². The molecule has 3 aromatic carbocycles. The van der Waals surface area contributed by atoms with Gasteiger partial charge in [0.15, 0.2) is 5.11 Å². The second-order valence-corrected chi connectivity index (χ2v) is 7.65. The van der Waals surface area contributed by atoms with Gasteiger partial charge in [0, 0.05) is 11.4 Å². The fourth-order valence-corrected chi connectivity index (χ4v) is 3.57. The van der Waals surface area contributed by atoms with Crippen molar-refractivity contribution in [2.24, 2.45) is 0 Å². The average molecular weight is 401 g/mol. The first-order valence-electron chi connectivity index (χ1n) is 7.94. The van der Waals surface area contributed by atoms with Gasteiger partial charge in [-0.1, -0.05) is 30.3 Å². The largest absolute Gasteiger partial charge is 0.332 e. The standard InChI is InChI=1S/C19H16FN3O2S2/c20-17-8-4-5-9-18(17)22-19(26)21-14-10-12-16(13-11-14)27(24,25)23-15-6-2-1-3-7-15/h1-13,23H,(H2,21,22,26). The van der Waals surface area contributed by atoms with E-state index in [2.05, 4.69) is 15.4 Å². The Labute approximate surface area is 162 Å². The number of sulfonamides is 1. The Hall–Kier alpha value is -2.97. The maximum atomic E-state index is 13.6. The van der Waals surface area contributed by atoms with Crippen LogP contribution in [0.15, 0.2) is 83.8 Å². The molecular formula is C19H16FN3O2S2. The molecule has 0 radical (unpaired) electrons. The van der Waals surface area contributed by atoms with E-state index in [0.717, 1.165) is 0 Å². The van der Waals surface area contributed by atoms with Crippen LogP contribution in [-0.2, 0) is 10.0 Å². The zero-order valence-corrected chi connectivity index (χ0v) is 15.6. The number of rotatable bonds is 5. The quantitative estimate of drug-likeness (QED) is 0.552. The van der Waals surface area contributed by atoms with Crippen molar-refractivity contribution in [2.45, 2.75) is 4.90 Å². The van der Waals surface area contributed by atoms with Crippen molar-refractivity contribution in [1.82, 2.24) is 0 Å². The molecule has 0 aromatic heterocycles. The Bertz CT molecular complexity index is 1040. The summed E-state index contributed by atoms with van der Waals surface area (Å²) in [4.78, 5) is 0.116. The molecule has 0 saturated heterocycles. The molecule has 0 atom stereocenters. The summed E-state index contributed by atoms with van der Waals surface area (Å²) in [6.45, 7) is 0. The molecule has 0 aliphatic heterocycles. The molecule has 0 amide bonds. The van der Waals surface area contributed by atoms with Gasteiger partial charge in [-0.3, -0.25) is 4.72 Å². The number of hydrogen-bond donors (Lipinski definition) is 3. The first-order chi connectivity index (χ1) is 12.9. The molecule has 0 aliphatic rings. The number of para-hydroxylation sites is 2. The molecule has 5 nitrogen and oxygen atoms in total. The third-order valence-corrected chi connectivity index (χ3v) is 5.17. The van der Waals surface area contributed by atoms with E-state index in [1.165, 1.54) is 18.2 Å². The lowest BCUT2D eigenvalue weighted by Crippen LogP contribution is -2.20. The molecule has 138 valence electrons. The molecule has 0 heterocycles. The summed E-state index contributed by atoms with van der Waals surface area (Å²) in [6.07, 6.45) is 0. The summed E-state index contributed by atoms with van der Waals surface area (Å²) in [5.41, 5.74) is 1.30. The molecule has 0 saturated carbocycles. The van der Waals surface area contributed by atoms with E-state index in [4.69, 9.17) is 12.2 Å². The van der Waals surface area contributed by atoms with Crippen LogP contribution in [0.25, 0.3) is 0 Å². The fraction of sp³-hybridized carbons (Fsp3) is 0. The molecule has 0 aliphatic carbocycles. The highest BCUT2D eigenvalue weighted by Gasteiger charge is 2.14. The van der Waals surface area contributed by atoms with Crippen molar-refractivity contribution in [3.8, 4) is 0 Å². The molecule has 0 bridgehead atoms. The predicted octanol–water partition coefficient (Wildman–Crippen LogP) is 4.44. The summed E-state index contributed by atoms with van der Waals surface area (Å²) >= 11 is 5.15. The Balaban J connectivity index is 1.66. The van der Waals surface area contributed by atoms with E-state index >= 15 is 0 Å². The second kappa shape index (κ2) is 8.15. The van der Waals surface area contributed by atoms with E-state index in [1.54, 1.807) is 60.7 Å². The van der Waals surface area contributed by atoms with Gasteiger partial charge in [-0.2, -0.15) is 0 Å². The number of nitrogens with one attached hydrogen (secondary N) is 3. The summed E-state index contributed by atoms with van der Waals surface area (Å²) in [5.74, 6) is -0.421. The minimum atomic E-state index is -3.69. The highest BCUT2D eigenvalue weighted by atomic mass is 32.2. The van der Waals surface area contributed by atoms with Crippen molar-refractivity contribution in [3.05, 3.63) is 84.7 Å². The van der Waals surface area contributed by atoms with Gasteiger partial charge in [0.25, 0.3) is 10.0 Å². The molecular weight excluding hydrogens is 385 g/mol. The number of thiocarbonyl (C=S) groups is 1. The van der Waals surface area contributed by atoms with Crippen LogP contribution in [0.2, 0.25) is 0 Å². The Morgan fingerprint density at radius 1 is 0.778 bits per heavy atom. The third kappa shape index (κ3) is 5.02. The third-order valence-electron chi connectivity index (χ3n) is 3.57. The van der Waals surface area contributed by atoms with Gasteiger partial charge in [-0.15, -0.1) is 0 Å². The van der Waals surface area contributed by atoms with E-state index in [-0.39, 0.29) is 15.7 Å². The van der Waals surface area contributed by atoms with Crippen molar-refractivity contribution < 1.29 is 12.8 Å². The van der Waals surface area contributed by atoms with Gasteiger partial charge >= 0.3 is 0 Å². The molecule has 0 unspecified atom stereocenters. The number of hydrogen-bond acceptors (Lipinski definition) is 3. The number of anilines is 3. The van der Waals surface area contributed by atoms with Gasteiger partial charge in [-0.05, 0) is 60.7 Å². The summed E-state index contributed by atoms with van der Waals surface area (Å²) in [6, 6.07) is 20.9. The first kappa shape index (κ1) is 18.8. The van der Waals surface area contributed by atoms with Crippen LogP contribution >= 0.6 is 12.2 Å². The lowest BCUT2D eigenvalue weighted by Gasteiger charge is -2.12. The predicted molar refractivity (Wildman–Crippen MR) is 110 cm³/mol. The molecule has 0 spiro atoms. The van der Waals surface area contributed by atoms with E-state index in [1.807, 2.05) is 0 Å². The lowest BCUT2D eigenvalue weighted by molar-refractivity contribution is 0.601. The minimum absolute atomic E-state index is 0.116. The highest BCUT2D eigenvalue weighted by molar-refractivity contribution is 7.92. The number of benzene rings is 3. The molecule has 3 N–H and O–H groups in total. The Kier molecular flexibility index (Phi) is 5.68. The zero-order chi connectivity index (χ0) is 19.3. The van der Waals surface area contributed by atoms with E-state index < -0.39 is 15.8 Å². The van der Waals surface area contributed by atoms with Crippen LogP contribution in [0.3, 0.4) is 0 Å². The average Bonchev–Trinajstić information content (AvgIpc) is 2.64. The van der Waals surface area contributed by atoms with Crippen LogP contribution in [0.5, 0.6) is 0 Å². The SMILES string of the molecule is O=S(=O)(Nc1ccccc1)c1ccc(NC(=S)Nc2ccccc2F)cc1. The molecule has 0 fully saturated rings. The highest BCUT2D eigenvalue weighted by Crippen LogP contribution is 2.19. The zero-order valence-electron chi connectivity index (χ0n) is 14.0. The summed E-state index contributed by atoms with van der Waals surface area (Å²) < 4.78 is 40.9. The lowest BCUT2D eigenvalue weighted by atomic mass is 10.3. The van der Waals surface area contributed by atoms with Crippen LogP contribution < -0.4 is 15.4 Å². The molecule has 27 heavy (non-hydrogen) atoms.